The summed E-state index contributed by atoms with van der Waals surface area (Å²) in [6.45, 7) is 4.11. The van der Waals surface area contributed by atoms with E-state index in [0.29, 0.717) is 24.3 Å². The molecule has 21 heavy (non-hydrogen) atoms. The third-order valence-electron chi connectivity index (χ3n) is 4.53. The highest BCUT2D eigenvalue weighted by atomic mass is 16.4. The highest BCUT2D eigenvalue weighted by Gasteiger charge is 2.42. The second kappa shape index (κ2) is 6.29. The number of carbonyl (C=O) groups excluding carboxylic acids is 1. The fraction of sp³-hybridized carbons (Fsp3) is 0.529. The molecule has 1 fully saturated rings. The molecule has 0 unspecified atom stereocenters. The summed E-state index contributed by atoms with van der Waals surface area (Å²) in [6, 6.07) is 7.37. The van der Waals surface area contributed by atoms with Gasteiger partial charge in [-0.1, -0.05) is 32.0 Å². The molecule has 1 aromatic carbocycles. The van der Waals surface area contributed by atoms with E-state index in [9.17, 15) is 14.7 Å². The first-order valence-corrected chi connectivity index (χ1v) is 7.62. The van der Waals surface area contributed by atoms with Crippen LogP contribution in [0.3, 0.4) is 0 Å². The molecule has 0 aliphatic heterocycles. The number of carboxylic acids is 1. The Bertz CT molecular complexity index is 531. The average molecular weight is 289 g/mol. The number of aryl methyl sites for hydroxylation is 1. The zero-order valence-electron chi connectivity index (χ0n) is 12.7. The molecule has 0 bridgehead atoms. The molecule has 4 nitrogen and oxygen atoms in total. The van der Waals surface area contributed by atoms with Crippen molar-refractivity contribution in [3.63, 3.8) is 0 Å². The largest absolute Gasteiger partial charge is 0.480 e. The molecule has 2 rings (SSSR count). The summed E-state index contributed by atoms with van der Waals surface area (Å²) in [5.41, 5.74) is 0.420. The summed E-state index contributed by atoms with van der Waals surface area (Å²) in [6.07, 6.45) is 3.43. The minimum atomic E-state index is -1.11. The van der Waals surface area contributed by atoms with Gasteiger partial charge in [-0.15, -0.1) is 0 Å². The molecule has 0 atom stereocenters. The van der Waals surface area contributed by atoms with Crippen molar-refractivity contribution < 1.29 is 14.7 Å². The van der Waals surface area contributed by atoms with Gasteiger partial charge in [-0.05, 0) is 49.7 Å². The highest BCUT2D eigenvalue weighted by Crippen LogP contribution is 2.32. The number of hydrogen-bond donors (Lipinski definition) is 2. The van der Waals surface area contributed by atoms with Crippen LogP contribution < -0.4 is 5.32 Å². The van der Waals surface area contributed by atoms with E-state index in [2.05, 4.69) is 12.2 Å². The zero-order valence-corrected chi connectivity index (χ0v) is 12.7. The van der Waals surface area contributed by atoms with Crippen molar-refractivity contribution in [3.05, 3.63) is 35.4 Å². The molecule has 2 N–H and O–H groups in total. The van der Waals surface area contributed by atoms with Gasteiger partial charge in [0.25, 0.3) is 5.91 Å². The number of hydrogen-bond acceptors (Lipinski definition) is 2. The quantitative estimate of drug-likeness (QED) is 0.895. The summed E-state index contributed by atoms with van der Waals surface area (Å²) in [5, 5.41) is 12.4. The molecule has 1 aliphatic rings. The van der Waals surface area contributed by atoms with Gasteiger partial charge < -0.3 is 10.4 Å². The average Bonchev–Trinajstić information content (AvgIpc) is 2.49. The lowest BCUT2D eigenvalue weighted by Gasteiger charge is -2.36. The molecule has 1 saturated carbocycles. The lowest BCUT2D eigenvalue weighted by molar-refractivity contribution is -0.146. The molecule has 4 heteroatoms. The van der Waals surface area contributed by atoms with Gasteiger partial charge in [0.1, 0.15) is 5.54 Å². The molecule has 0 spiro atoms. The second-order valence-electron chi connectivity index (χ2n) is 6.03. The van der Waals surface area contributed by atoms with E-state index in [0.717, 1.165) is 24.8 Å². The van der Waals surface area contributed by atoms with Gasteiger partial charge in [-0.3, -0.25) is 4.79 Å². The first-order valence-electron chi connectivity index (χ1n) is 7.62. The van der Waals surface area contributed by atoms with Gasteiger partial charge in [0, 0.05) is 5.56 Å². The molecule has 0 aromatic heterocycles. The van der Waals surface area contributed by atoms with Gasteiger partial charge in [0.05, 0.1) is 0 Å². The molecule has 1 aromatic rings. The van der Waals surface area contributed by atoms with Crippen LogP contribution in [0.4, 0.5) is 0 Å². The van der Waals surface area contributed by atoms with Gasteiger partial charge >= 0.3 is 5.97 Å². The van der Waals surface area contributed by atoms with Crippen molar-refractivity contribution in [3.8, 4) is 0 Å². The minimum absolute atomic E-state index is 0.274. The van der Waals surface area contributed by atoms with Gasteiger partial charge in [-0.2, -0.15) is 0 Å². The molecular formula is C17H23NO3. The maximum absolute atomic E-state index is 12.5. The predicted octanol–water partition coefficient (Wildman–Crippen LogP) is 3.01. The van der Waals surface area contributed by atoms with Crippen LogP contribution >= 0.6 is 0 Å². The Kier molecular flexibility index (Phi) is 4.66. The Morgan fingerprint density at radius 2 is 1.90 bits per heavy atom. The molecule has 1 amide bonds. The second-order valence-corrected chi connectivity index (χ2v) is 6.03. The van der Waals surface area contributed by atoms with E-state index < -0.39 is 11.5 Å². The summed E-state index contributed by atoms with van der Waals surface area (Å²) in [5.74, 6) is -0.668. The van der Waals surface area contributed by atoms with Gasteiger partial charge in [-0.25, -0.2) is 4.79 Å². The first kappa shape index (κ1) is 15.5. The van der Waals surface area contributed by atoms with Crippen LogP contribution in [0, 0.1) is 5.92 Å². The standard InChI is InChI=1S/C17H23NO3/c1-3-13-6-4-5-7-14(13)15(19)18-17(16(20)21)10-8-12(2)9-11-17/h4-7,12H,3,8-11H2,1-2H3,(H,18,19)(H,20,21). The fourth-order valence-electron chi connectivity index (χ4n) is 2.98. The third kappa shape index (κ3) is 3.26. The Morgan fingerprint density at radius 1 is 1.29 bits per heavy atom. The molecular weight excluding hydrogens is 266 g/mol. The van der Waals surface area contributed by atoms with E-state index in [4.69, 9.17) is 0 Å². The van der Waals surface area contributed by atoms with Crippen molar-refractivity contribution in [2.24, 2.45) is 5.92 Å². The lowest BCUT2D eigenvalue weighted by atomic mass is 9.77. The number of benzene rings is 1. The maximum Gasteiger partial charge on any atom is 0.329 e. The summed E-state index contributed by atoms with van der Waals surface area (Å²) < 4.78 is 0. The Labute approximate surface area is 125 Å². The Morgan fingerprint density at radius 3 is 2.48 bits per heavy atom. The maximum atomic E-state index is 12.5. The van der Waals surface area contributed by atoms with Crippen molar-refractivity contribution in [1.82, 2.24) is 5.32 Å². The third-order valence-corrected chi connectivity index (χ3v) is 4.53. The van der Waals surface area contributed by atoms with Crippen molar-refractivity contribution in [2.75, 3.05) is 0 Å². The zero-order chi connectivity index (χ0) is 15.5. The van der Waals surface area contributed by atoms with E-state index in [-0.39, 0.29) is 5.91 Å². The SMILES string of the molecule is CCc1ccccc1C(=O)NC1(C(=O)O)CCC(C)CC1. The van der Waals surface area contributed by atoms with Gasteiger partial charge in [0.15, 0.2) is 0 Å². The summed E-state index contributed by atoms with van der Waals surface area (Å²) in [7, 11) is 0. The smallest absolute Gasteiger partial charge is 0.329 e. The van der Waals surface area contributed by atoms with Crippen molar-refractivity contribution >= 4 is 11.9 Å². The van der Waals surface area contributed by atoms with Crippen LogP contribution in [0.1, 0.15) is 55.5 Å². The normalized spacial score (nSPS) is 25.3. The molecule has 0 radical (unpaired) electrons. The van der Waals surface area contributed by atoms with Crippen LogP contribution in [0.5, 0.6) is 0 Å². The Balaban J connectivity index is 2.21. The number of carboxylic acid groups (broad SMARTS) is 1. The van der Waals surface area contributed by atoms with Crippen LogP contribution in [0.2, 0.25) is 0 Å². The van der Waals surface area contributed by atoms with E-state index in [1.165, 1.54) is 0 Å². The molecule has 0 heterocycles. The first-order chi connectivity index (χ1) is 9.98. The van der Waals surface area contributed by atoms with Crippen molar-refractivity contribution in [1.29, 1.82) is 0 Å². The fourth-order valence-corrected chi connectivity index (χ4v) is 2.98. The number of amides is 1. The number of rotatable bonds is 4. The highest BCUT2D eigenvalue weighted by molar-refractivity contribution is 5.99. The lowest BCUT2D eigenvalue weighted by Crippen LogP contribution is -2.56. The van der Waals surface area contributed by atoms with Crippen LogP contribution in [0.25, 0.3) is 0 Å². The number of carbonyl (C=O) groups is 2. The monoisotopic (exact) mass is 289 g/mol. The molecule has 0 saturated heterocycles. The molecule has 114 valence electrons. The van der Waals surface area contributed by atoms with Gasteiger partial charge in [0.2, 0.25) is 0 Å². The summed E-state index contributed by atoms with van der Waals surface area (Å²) in [4.78, 5) is 24.2. The van der Waals surface area contributed by atoms with Crippen LogP contribution in [-0.2, 0) is 11.2 Å². The Hall–Kier alpha value is -1.84. The number of aliphatic carboxylic acids is 1. The topological polar surface area (TPSA) is 66.4 Å². The van der Waals surface area contributed by atoms with E-state index in [1.807, 2.05) is 25.1 Å². The summed E-state index contributed by atoms with van der Waals surface area (Å²) >= 11 is 0. The minimum Gasteiger partial charge on any atom is -0.480 e. The predicted molar refractivity (Wildman–Crippen MR) is 81.3 cm³/mol. The van der Waals surface area contributed by atoms with Crippen LogP contribution in [0.15, 0.2) is 24.3 Å². The number of nitrogens with one attached hydrogen (secondary N) is 1. The van der Waals surface area contributed by atoms with Crippen LogP contribution in [-0.4, -0.2) is 22.5 Å². The molecule has 1 aliphatic carbocycles. The van der Waals surface area contributed by atoms with E-state index in [1.54, 1.807) is 6.07 Å². The van der Waals surface area contributed by atoms with E-state index >= 15 is 0 Å². The van der Waals surface area contributed by atoms with Crippen molar-refractivity contribution in [2.45, 2.75) is 51.5 Å².